The van der Waals surface area contributed by atoms with E-state index < -0.39 is 0 Å². The number of benzene rings is 2. The van der Waals surface area contributed by atoms with Gasteiger partial charge < -0.3 is 18.9 Å². The van der Waals surface area contributed by atoms with Crippen molar-refractivity contribution in [1.29, 1.82) is 0 Å². The van der Waals surface area contributed by atoms with Gasteiger partial charge in [0.05, 0.1) is 24.6 Å². The normalized spacial score (nSPS) is 18.6. The molecule has 6 heteroatoms. The Bertz CT molecular complexity index is 960. The Morgan fingerprint density at radius 2 is 1.35 bits per heavy atom. The molecular formula is C28H34N2O4. The van der Waals surface area contributed by atoms with E-state index in [9.17, 15) is 0 Å². The Balaban J connectivity index is 1.32. The minimum absolute atomic E-state index is 0.256. The van der Waals surface area contributed by atoms with E-state index in [1.165, 1.54) is 31.2 Å². The molecule has 0 amide bonds. The Hall–Kier alpha value is -2.83. The van der Waals surface area contributed by atoms with Crippen LogP contribution in [0.5, 0.6) is 11.5 Å². The molecule has 2 aromatic carbocycles. The molecule has 2 aliphatic heterocycles. The summed E-state index contributed by atoms with van der Waals surface area (Å²) in [6, 6.07) is 16.5. The molecule has 2 atom stereocenters. The first kappa shape index (κ1) is 22.9. The Morgan fingerprint density at radius 3 is 1.91 bits per heavy atom. The lowest BCUT2D eigenvalue weighted by atomic mass is 9.97. The number of nitrogens with zero attached hydrogens (tertiary/aromatic N) is 1. The molecule has 0 aliphatic carbocycles. The van der Waals surface area contributed by atoms with Gasteiger partial charge >= 0.3 is 0 Å². The van der Waals surface area contributed by atoms with Gasteiger partial charge in [0.25, 0.3) is 0 Å². The van der Waals surface area contributed by atoms with Gasteiger partial charge in [0.15, 0.2) is 0 Å². The largest absolute Gasteiger partial charge is 0.491 e. The summed E-state index contributed by atoms with van der Waals surface area (Å²) in [5, 5.41) is 8.07. The molecule has 2 saturated heterocycles. The lowest BCUT2D eigenvalue weighted by Gasteiger charge is -2.09. The summed E-state index contributed by atoms with van der Waals surface area (Å²) in [6.07, 6.45) is 7.75. The third kappa shape index (κ3) is 6.19. The maximum absolute atomic E-state index is 5.81. The second-order valence-corrected chi connectivity index (χ2v) is 9.17. The fraction of sp³-hybridized carbons (Fsp3) is 0.464. The quantitative estimate of drug-likeness (QED) is 0.242. The summed E-state index contributed by atoms with van der Waals surface area (Å²) >= 11 is 0. The van der Waals surface area contributed by atoms with Crippen LogP contribution in [0.3, 0.4) is 0 Å². The van der Waals surface area contributed by atoms with Crippen LogP contribution in [0.15, 0.2) is 48.5 Å². The van der Waals surface area contributed by atoms with E-state index in [0.29, 0.717) is 13.2 Å². The number of hydrogen-bond donors (Lipinski definition) is 1. The summed E-state index contributed by atoms with van der Waals surface area (Å²) in [7, 11) is 0. The van der Waals surface area contributed by atoms with Gasteiger partial charge in [-0.2, -0.15) is 5.10 Å². The number of rotatable bonds is 14. The number of epoxide rings is 2. The van der Waals surface area contributed by atoms with Crippen LogP contribution in [0.4, 0.5) is 0 Å². The predicted molar refractivity (Wildman–Crippen MR) is 132 cm³/mol. The summed E-state index contributed by atoms with van der Waals surface area (Å²) in [4.78, 5) is 0. The topological polar surface area (TPSA) is 72.2 Å². The molecule has 180 valence electrons. The third-order valence-corrected chi connectivity index (χ3v) is 6.34. The van der Waals surface area contributed by atoms with E-state index in [1.807, 2.05) is 24.3 Å². The number of hydrogen-bond acceptors (Lipinski definition) is 5. The van der Waals surface area contributed by atoms with Crippen LogP contribution in [-0.4, -0.2) is 48.8 Å². The minimum atomic E-state index is 0.256. The monoisotopic (exact) mass is 462 g/mol. The average molecular weight is 463 g/mol. The average Bonchev–Trinajstić information content (AvgIpc) is 3.81. The Labute approximate surface area is 201 Å². The SMILES string of the molecule is CCCCCCCc1c(-c2ccc(OCC3CO3)cc2)n[nH]c1-c1ccc(OCC2CO2)cc1. The van der Waals surface area contributed by atoms with E-state index in [-0.39, 0.29) is 12.2 Å². The molecular weight excluding hydrogens is 428 g/mol. The van der Waals surface area contributed by atoms with E-state index >= 15 is 0 Å². The number of H-pyrrole nitrogens is 1. The minimum Gasteiger partial charge on any atom is -0.491 e. The van der Waals surface area contributed by atoms with E-state index in [2.05, 4.69) is 36.3 Å². The van der Waals surface area contributed by atoms with Crippen molar-refractivity contribution >= 4 is 0 Å². The summed E-state index contributed by atoms with van der Waals surface area (Å²) in [5.41, 5.74) is 5.62. The van der Waals surface area contributed by atoms with Crippen molar-refractivity contribution < 1.29 is 18.9 Å². The van der Waals surface area contributed by atoms with E-state index in [0.717, 1.165) is 60.1 Å². The van der Waals surface area contributed by atoms with Crippen LogP contribution in [0, 0.1) is 0 Å². The van der Waals surface area contributed by atoms with Gasteiger partial charge in [0, 0.05) is 16.7 Å². The fourth-order valence-corrected chi connectivity index (χ4v) is 4.13. The van der Waals surface area contributed by atoms with Crippen LogP contribution < -0.4 is 9.47 Å². The lowest BCUT2D eigenvalue weighted by Crippen LogP contribution is -2.03. The van der Waals surface area contributed by atoms with Crippen LogP contribution >= 0.6 is 0 Å². The predicted octanol–water partition coefficient (Wildman–Crippen LogP) is 5.81. The molecule has 6 nitrogen and oxygen atoms in total. The zero-order valence-electron chi connectivity index (χ0n) is 19.9. The zero-order valence-corrected chi connectivity index (χ0v) is 19.9. The molecule has 0 spiro atoms. The van der Waals surface area contributed by atoms with Gasteiger partial charge in [-0.25, -0.2) is 0 Å². The molecule has 1 aromatic heterocycles. The van der Waals surface area contributed by atoms with Crippen molar-refractivity contribution in [3.63, 3.8) is 0 Å². The van der Waals surface area contributed by atoms with Crippen LogP contribution in [0.25, 0.3) is 22.5 Å². The molecule has 34 heavy (non-hydrogen) atoms. The molecule has 0 radical (unpaired) electrons. The second-order valence-electron chi connectivity index (χ2n) is 9.17. The van der Waals surface area contributed by atoms with E-state index in [1.54, 1.807) is 0 Å². The highest BCUT2D eigenvalue weighted by molar-refractivity contribution is 5.74. The Kier molecular flexibility index (Phi) is 7.46. The number of ether oxygens (including phenoxy) is 4. The molecule has 5 rings (SSSR count). The summed E-state index contributed by atoms with van der Waals surface area (Å²) < 4.78 is 22.1. The number of aromatic amines is 1. The van der Waals surface area contributed by atoms with Gasteiger partial charge in [-0.05, 0) is 61.4 Å². The summed E-state index contributed by atoms with van der Waals surface area (Å²) in [6.45, 7) is 5.09. The highest BCUT2D eigenvalue weighted by Crippen LogP contribution is 2.33. The lowest BCUT2D eigenvalue weighted by molar-refractivity contribution is 0.263. The molecule has 3 heterocycles. The summed E-state index contributed by atoms with van der Waals surface area (Å²) in [5.74, 6) is 1.73. The van der Waals surface area contributed by atoms with Crippen molar-refractivity contribution in [2.45, 2.75) is 57.7 Å². The second kappa shape index (κ2) is 11.1. The molecule has 3 aromatic rings. The standard InChI is InChI=1S/C28H34N2O4/c1-2-3-4-5-6-7-26-27(20-8-12-22(13-9-20)31-16-24-18-33-24)29-30-28(26)21-10-14-23(15-11-21)32-17-25-19-34-25/h8-15,24-25H,2-7,16-19H2,1H3,(H,29,30). The van der Waals surface area contributed by atoms with Crippen molar-refractivity contribution in [2.75, 3.05) is 26.4 Å². The van der Waals surface area contributed by atoms with Crippen LogP contribution in [0.2, 0.25) is 0 Å². The highest BCUT2D eigenvalue weighted by atomic mass is 16.6. The highest BCUT2D eigenvalue weighted by Gasteiger charge is 2.24. The number of nitrogens with one attached hydrogen (secondary N) is 1. The van der Waals surface area contributed by atoms with Gasteiger partial charge in [-0.15, -0.1) is 0 Å². The van der Waals surface area contributed by atoms with Crippen molar-refractivity contribution in [1.82, 2.24) is 10.2 Å². The van der Waals surface area contributed by atoms with Crippen LogP contribution in [0.1, 0.15) is 44.6 Å². The fourth-order valence-electron chi connectivity index (χ4n) is 4.13. The van der Waals surface area contributed by atoms with Gasteiger partial charge in [0.2, 0.25) is 0 Å². The number of aromatic nitrogens is 2. The maximum atomic E-state index is 5.81. The van der Waals surface area contributed by atoms with Crippen molar-refractivity contribution in [3.05, 3.63) is 54.1 Å². The van der Waals surface area contributed by atoms with E-state index in [4.69, 9.17) is 24.0 Å². The third-order valence-electron chi connectivity index (χ3n) is 6.34. The molecule has 2 fully saturated rings. The van der Waals surface area contributed by atoms with Gasteiger partial charge in [0.1, 0.15) is 36.9 Å². The van der Waals surface area contributed by atoms with Crippen LogP contribution in [-0.2, 0) is 15.9 Å². The van der Waals surface area contributed by atoms with Gasteiger partial charge in [-0.3, -0.25) is 5.10 Å². The molecule has 1 N–H and O–H groups in total. The first-order valence-electron chi connectivity index (χ1n) is 12.6. The number of unbranched alkanes of at least 4 members (excludes halogenated alkanes) is 4. The smallest absolute Gasteiger partial charge is 0.119 e. The van der Waals surface area contributed by atoms with Crippen molar-refractivity contribution in [3.8, 4) is 34.0 Å². The molecule has 2 unspecified atom stereocenters. The molecule has 0 saturated carbocycles. The Morgan fingerprint density at radius 1 is 0.794 bits per heavy atom. The maximum Gasteiger partial charge on any atom is 0.119 e. The van der Waals surface area contributed by atoms with Crippen molar-refractivity contribution in [2.24, 2.45) is 0 Å². The molecule has 0 bridgehead atoms. The van der Waals surface area contributed by atoms with Gasteiger partial charge in [-0.1, -0.05) is 32.6 Å². The molecule has 2 aliphatic rings. The first-order valence-corrected chi connectivity index (χ1v) is 12.6. The zero-order chi connectivity index (χ0) is 23.2. The first-order chi connectivity index (χ1) is 16.8.